The molecule has 139 heavy (non-hydrogen) atoms. The molecule has 0 atom stereocenters. The molecule has 0 unspecified atom stereocenters. The zero-order valence-electron chi connectivity index (χ0n) is 71.0. The first kappa shape index (κ1) is 101. The zero-order chi connectivity index (χ0) is 102. The molecule has 0 spiro atoms. The maximum absolute atomic E-state index is 12.2. The highest BCUT2D eigenvalue weighted by Gasteiger charge is 2.24. The van der Waals surface area contributed by atoms with E-state index in [9.17, 15) is 150 Å². The van der Waals surface area contributed by atoms with E-state index in [1.165, 1.54) is 194 Å². The normalized spacial score (nSPS) is 10.5. The number of H-pyrrole nitrogens is 2. The first-order valence-electron chi connectivity index (χ1n) is 39.2. The van der Waals surface area contributed by atoms with Crippen LogP contribution in [0.15, 0.2) is 266 Å². The van der Waals surface area contributed by atoms with Crippen LogP contribution < -0.4 is 25.6 Å². The molecule has 2 aromatic heterocycles. The number of carbonyl (C=O) groups is 4. The Morgan fingerprint density at radius 2 is 0.655 bits per heavy atom. The fourth-order valence-electron chi connectivity index (χ4n) is 11.5. The van der Waals surface area contributed by atoms with Gasteiger partial charge in [0.2, 0.25) is 0 Å². The number of aromatic amines is 2. The van der Waals surface area contributed by atoms with E-state index in [0.29, 0.717) is 51.1 Å². The van der Waals surface area contributed by atoms with E-state index in [1.54, 1.807) is 30.5 Å². The van der Waals surface area contributed by atoms with Gasteiger partial charge in [-0.15, -0.1) is 0 Å². The molecule has 0 saturated heterocycles. The fraction of sp³-hybridized carbons (Fsp3) is 0.0106. The molecule has 0 aliphatic carbocycles. The Kier molecular flexibility index (Phi) is 31.8. The Hall–Kier alpha value is -20.5. The van der Waals surface area contributed by atoms with Gasteiger partial charge in [0.05, 0.1) is 45.0 Å². The summed E-state index contributed by atoms with van der Waals surface area (Å²) in [6.45, 7) is 0. The molecule has 2 heterocycles. The second kappa shape index (κ2) is 43.9. The van der Waals surface area contributed by atoms with Crippen molar-refractivity contribution < 1.29 is 171 Å². The number of phenols is 28. The second-order valence-corrected chi connectivity index (χ2v) is 30.3. The van der Waals surface area contributed by atoms with E-state index in [4.69, 9.17) is 20.4 Å². The maximum Gasteiger partial charge on any atom is 0.262 e. The largest absolute Gasteiger partial charge is 0.504 e. The molecular formula is C94H80N10O34S. The molecule has 16 rings (SSSR count). The number of carbonyl (C=O) groups excluding carboxylic acids is 4. The minimum Gasteiger partial charge on any atom is -0.504 e. The van der Waals surface area contributed by atoms with Crippen LogP contribution in [0.25, 0.3) is 45.4 Å². The van der Waals surface area contributed by atoms with Crippen molar-refractivity contribution in [2.45, 2.75) is 4.90 Å². The summed E-state index contributed by atoms with van der Waals surface area (Å²) in [5.41, 5.74) is 3.69. The lowest BCUT2D eigenvalue weighted by Gasteiger charge is -2.18. The van der Waals surface area contributed by atoms with Crippen molar-refractivity contribution in [2.75, 3.05) is 32.6 Å². The highest BCUT2D eigenvalue weighted by molar-refractivity contribution is 7.92. The predicted octanol–water partition coefficient (Wildman–Crippen LogP) is 12.9. The number of hydrogen-bond donors (Lipinski definition) is 34. The van der Waals surface area contributed by atoms with Crippen molar-refractivity contribution in [1.29, 1.82) is 0 Å². The topological polar surface area (TPSA) is 790 Å². The average molecular weight is 1930 g/mol. The van der Waals surface area contributed by atoms with E-state index < -0.39 is 96.9 Å². The van der Waals surface area contributed by atoms with E-state index in [-0.39, 0.29) is 148 Å². The van der Waals surface area contributed by atoms with Crippen LogP contribution in [0.5, 0.6) is 161 Å². The molecule has 34 N–H and O–H groups in total. The number of sulfonamides is 1. The van der Waals surface area contributed by atoms with Crippen molar-refractivity contribution in [3.8, 4) is 206 Å². The SMILES string of the molecule is CN(C(=O)c1ccc(O)c(O)c1)c1ccc(O)c(O)c1.O=C(Nc1ccc(O)c(O)c1)c1cccc(O)c1O.O=C(Nc1cccc(O)c1O)c1ccc(O)c(O)c1.O=C(Nc1cccc(O)c1O)c1cccc(O)c1O.O=S(=O)(Nc1ccc(O)c(O)c1)c1ccc(O)c(O)c1.Oc1ccc(-c2cnc(-c3ccc(O)c(O)c3)[nH]2)cc1O.Oc1ccc(-c2n[nH]c(-c3ccc(O)c(O)c3)n2)cc1O. The highest BCUT2D eigenvalue weighted by Crippen LogP contribution is 2.42. The standard InChI is InChI=1S/C15H12N2O4.C14H11N3O4.C14H13NO5.3C13H11NO5.C12H11NO6S/c18-11-3-1-8(5-13(11)20)10-7-16-15(17-10)9-2-4-12(19)14(21)6-9;18-9-3-1-7(5-11(9)20)13-15-14(17-16-13)8-2-4-10(19)12(21)6-8;1-15(9-3-5-11(17)13(19)7-9)14(20)8-2-4-10(16)12(18)6-8;15-9-5-1-3-7(11(9)17)13(19)14-8-4-2-6-10(16)12(8)18;15-9-5-4-7(6-11(9)17)14-13(19)8-2-1-3-10(16)12(8)18;15-9-5-4-7(6-11(9)17)13(19)14-8-2-1-3-10(16)12(8)18;14-9-3-1-7(5-11(9)16)13-20(18,19)8-2-4-10(15)12(17)6-8/h1-7,18-21H,(H,16,17);1-6,18-21H,(H,15,16,17);2-7,16-19H,1H3;3*1-6,15-18H,(H,14,19);1-6,13-17H. The number of phenolic OH excluding ortho intramolecular Hbond substituents is 28. The van der Waals surface area contributed by atoms with Gasteiger partial charge in [0.1, 0.15) is 5.82 Å². The molecule has 4 amide bonds. The number of imidazole rings is 1. The number of aromatic nitrogens is 5. The summed E-state index contributed by atoms with van der Waals surface area (Å²) >= 11 is 0. The van der Waals surface area contributed by atoms with Gasteiger partial charge in [0, 0.05) is 76.1 Å². The number of aromatic hydroxyl groups is 28. The number of nitrogens with zero attached hydrogens (tertiary/aromatic N) is 4. The Labute approximate surface area is 781 Å². The quantitative estimate of drug-likeness (QED) is 0.0335. The summed E-state index contributed by atoms with van der Waals surface area (Å²) in [4.78, 5) is 60.2. The number of anilines is 5. The smallest absolute Gasteiger partial charge is 0.262 e. The van der Waals surface area contributed by atoms with E-state index in [2.05, 4.69) is 45.8 Å². The van der Waals surface area contributed by atoms with Gasteiger partial charge < -0.3 is 169 Å². The highest BCUT2D eigenvalue weighted by atomic mass is 32.2. The summed E-state index contributed by atoms with van der Waals surface area (Å²) in [6.07, 6.45) is 1.57. The predicted molar refractivity (Wildman–Crippen MR) is 495 cm³/mol. The minimum absolute atomic E-state index is 0.00672. The van der Waals surface area contributed by atoms with Gasteiger partial charge in [-0.3, -0.25) is 29.0 Å². The van der Waals surface area contributed by atoms with Crippen molar-refractivity contribution in [1.82, 2.24) is 25.1 Å². The monoisotopic (exact) mass is 1920 g/mol. The van der Waals surface area contributed by atoms with Gasteiger partial charge in [0.15, 0.2) is 173 Å². The third kappa shape index (κ3) is 25.8. The van der Waals surface area contributed by atoms with Gasteiger partial charge in [0.25, 0.3) is 33.7 Å². The van der Waals surface area contributed by atoms with Crippen molar-refractivity contribution >= 4 is 62.1 Å². The third-order valence-corrected chi connectivity index (χ3v) is 20.3. The zero-order valence-corrected chi connectivity index (χ0v) is 71.8. The lowest BCUT2D eigenvalue weighted by atomic mass is 10.1. The van der Waals surface area contributed by atoms with Crippen LogP contribution in [0, 0.1) is 0 Å². The summed E-state index contributed by atoms with van der Waals surface area (Å²) in [5, 5.41) is 275. The van der Waals surface area contributed by atoms with Crippen LogP contribution in [0.4, 0.5) is 28.4 Å². The summed E-state index contributed by atoms with van der Waals surface area (Å²) in [7, 11) is -2.51. The molecule has 0 saturated carbocycles. The molecule has 716 valence electrons. The summed E-state index contributed by atoms with van der Waals surface area (Å²) in [6, 6.07) is 55.0. The van der Waals surface area contributed by atoms with Gasteiger partial charge in [-0.25, -0.2) is 18.4 Å². The molecular weight excluding hydrogens is 1850 g/mol. The molecule has 0 aliphatic heterocycles. The van der Waals surface area contributed by atoms with Crippen molar-refractivity contribution in [3.63, 3.8) is 0 Å². The van der Waals surface area contributed by atoms with Gasteiger partial charge >= 0.3 is 0 Å². The molecule has 14 aromatic carbocycles. The third-order valence-electron chi connectivity index (χ3n) is 19.0. The number of nitrogens with one attached hydrogen (secondary N) is 6. The number of benzene rings is 14. The summed E-state index contributed by atoms with van der Waals surface area (Å²) < 4.78 is 26.2. The minimum atomic E-state index is -4.00. The number of amides is 4. The second-order valence-electron chi connectivity index (χ2n) is 28.6. The summed E-state index contributed by atoms with van der Waals surface area (Å²) in [5.74, 6) is -11.2. The van der Waals surface area contributed by atoms with Gasteiger partial charge in [-0.2, -0.15) is 5.10 Å². The Bertz CT molecular complexity index is 7120. The van der Waals surface area contributed by atoms with E-state index in [0.717, 1.165) is 48.5 Å². The molecule has 0 aliphatic rings. The first-order valence-corrected chi connectivity index (χ1v) is 40.7. The van der Waals surface area contributed by atoms with Crippen LogP contribution in [-0.4, -0.2) is 207 Å². The van der Waals surface area contributed by atoms with E-state index in [1.807, 2.05) is 0 Å². The lowest BCUT2D eigenvalue weighted by molar-refractivity contribution is 0.0988. The molecule has 45 heteroatoms. The maximum atomic E-state index is 12.2. The van der Waals surface area contributed by atoms with Crippen molar-refractivity contribution in [2.24, 2.45) is 0 Å². The number of para-hydroxylation sites is 4. The molecule has 44 nitrogen and oxygen atoms in total. The average Bonchev–Trinajstić information content (AvgIpc) is 1.81. The van der Waals surface area contributed by atoms with Gasteiger partial charge in [-0.05, 0) is 206 Å². The molecule has 16 aromatic rings. The molecule has 0 radical (unpaired) electrons. The molecule has 0 fully saturated rings. The number of rotatable bonds is 15. The van der Waals surface area contributed by atoms with Crippen LogP contribution in [0.3, 0.4) is 0 Å². The Morgan fingerprint density at radius 1 is 0.302 bits per heavy atom. The van der Waals surface area contributed by atoms with Crippen LogP contribution in [0.1, 0.15) is 41.4 Å². The van der Waals surface area contributed by atoms with E-state index >= 15 is 0 Å². The van der Waals surface area contributed by atoms with Crippen molar-refractivity contribution in [3.05, 3.63) is 283 Å². The Balaban J connectivity index is 0.000000167. The van der Waals surface area contributed by atoms with Crippen LogP contribution in [0.2, 0.25) is 0 Å². The molecule has 0 bridgehead atoms. The lowest BCUT2D eigenvalue weighted by Crippen LogP contribution is -2.26. The van der Waals surface area contributed by atoms with Crippen LogP contribution >= 0.6 is 0 Å². The number of hydrogen-bond acceptors (Lipinski definition) is 37. The van der Waals surface area contributed by atoms with Crippen LogP contribution in [-0.2, 0) is 10.0 Å². The van der Waals surface area contributed by atoms with Gasteiger partial charge in [-0.1, -0.05) is 24.3 Å². The first-order chi connectivity index (χ1) is 65.7. The fourth-order valence-corrected chi connectivity index (χ4v) is 12.6. The Morgan fingerprint density at radius 3 is 1.12 bits per heavy atom.